The van der Waals surface area contributed by atoms with Gasteiger partial charge in [-0.15, -0.1) is 0 Å². The van der Waals surface area contributed by atoms with Crippen LogP contribution in [0, 0.1) is 13.7 Å². The van der Waals surface area contributed by atoms with E-state index in [-0.39, 0.29) is 17.4 Å². The van der Waals surface area contributed by atoms with Crippen molar-refractivity contribution >= 4 is 34.2 Å². The van der Waals surface area contributed by atoms with Crippen LogP contribution in [0.4, 0.5) is 5.69 Å². The molecule has 1 heterocycles. The third-order valence-corrected chi connectivity index (χ3v) is 5.10. The molecule has 2 aromatic carbocycles. The van der Waals surface area contributed by atoms with Crippen molar-refractivity contribution in [1.82, 2.24) is 4.90 Å². The van der Waals surface area contributed by atoms with Crippen molar-refractivity contribution in [1.29, 1.82) is 0 Å². The first-order chi connectivity index (χ1) is 12.5. The maximum absolute atomic E-state index is 12.4. The number of nitro benzene ring substituents is 1. The van der Waals surface area contributed by atoms with Gasteiger partial charge < -0.3 is 4.74 Å². The number of piperidine rings is 1. The minimum Gasteiger partial charge on any atom is -0.458 e. The van der Waals surface area contributed by atoms with Crippen LogP contribution < -0.4 is 0 Å². The zero-order valence-electron chi connectivity index (χ0n) is 14.1. The Balaban J connectivity index is 1.56. The van der Waals surface area contributed by atoms with Gasteiger partial charge in [0.15, 0.2) is 0 Å². The van der Waals surface area contributed by atoms with Gasteiger partial charge in [-0.05, 0) is 53.1 Å². The first-order valence-electron chi connectivity index (χ1n) is 8.44. The average Bonchev–Trinajstić information content (AvgIpc) is 2.64. The van der Waals surface area contributed by atoms with Gasteiger partial charge in [-0.1, -0.05) is 30.3 Å². The standard InChI is InChI=1S/C19H19IN2O4/c20-15-6-7-17(18(12-15)22(24)25)19(23)26-16-8-10-21(11-9-16)13-14-4-2-1-3-5-14/h1-7,12,16H,8-11,13H2. The highest BCUT2D eigenvalue weighted by molar-refractivity contribution is 14.1. The molecule has 1 aliphatic rings. The molecule has 3 rings (SSSR count). The fourth-order valence-electron chi connectivity index (χ4n) is 3.07. The second kappa shape index (κ2) is 8.59. The lowest BCUT2D eigenvalue weighted by molar-refractivity contribution is -0.385. The molecule has 6 nitrogen and oxygen atoms in total. The number of hydrogen-bond acceptors (Lipinski definition) is 5. The summed E-state index contributed by atoms with van der Waals surface area (Å²) in [5.74, 6) is -0.616. The minimum absolute atomic E-state index is 0.0159. The number of carbonyl (C=O) groups excluding carboxylic acids is 1. The van der Waals surface area contributed by atoms with Gasteiger partial charge in [-0.25, -0.2) is 4.79 Å². The topological polar surface area (TPSA) is 72.7 Å². The highest BCUT2D eigenvalue weighted by Crippen LogP contribution is 2.24. The molecule has 1 aliphatic heterocycles. The number of benzene rings is 2. The summed E-state index contributed by atoms with van der Waals surface area (Å²) in [6.07, 6.45) is 1.27. The highest BCUT2D eigenvalue weighted by Gasteiger charge is 2.27. The molecule has 0 radical (unpaired) electrons. The predicted molar refractivity (Wildman–Crippen MR) is 106 cm³/mol. The van der Waals surface area contributed by atoms with Crippen LogP contribution in [0.1, 0.15) is 28.8 Å². The summed E-state index contributed by atoms with van der Waals surface area (Å²) in [5, 5.41) is 11.2. The zero-order valence-corrected chi connectivity index (χ0v) is 16.3. The Labute approximate surface area is 165 Å². The van der Waals surface area contributed by atoms with E-state index in [0.29, 0.717) is 3.57 Å². The molecule has 7 heteroatoms. The smallest absolute Gasteiger partial charge is 0.345 e. The molecule has 1 fully saturated rings. The Hall–Kier alpha value is -2.00. The van der Waals surface area contributed by atoms with E-state index in [4.69, 9.17) is 4.74 Å². The van der Waals surface area contributed by atoms with Gasteiger partial charge in [0, 0.05) is 29.3 Å². The normalized spacial score (nSPS) is 15.6. The van der Waals surface area contributed by atoms with Crippen LogP contribution in [0.5, 0.6) is 0 Å². The lowest BCUT2D eigenvalue weighted by Gasteiger charge is -2.31. The zero-order chi connectivity index (χ0) is 18.5. The van der Waals surface area contributed by atoms with E-state index in [1.165, 1.54) is 17.7 Å². The third-order valence-electron chi connectivity index (χ3n) is 4.43. The first kappa shape index (κ1) is 18.8. The van der Waals surface area contributed by atoms with Gasteiger partial charge in [0.25, 0.3) is 5.69 Å². The summed E-state index contributed by atoms with van der Waals surface area (Å²) in [6.45, 7) is 2.55. The van der Waals surface area contributed by atoms with Crippen LogP contribution in [-0.2, 0) is 11.3 Å². The summed E-state index contributed by atoms with van der Waals surface area (Å²) in [7, 11) is 0. The lowest BCUT2D eigenvalue weighted by Crippen LogP contribution is -2.37. The first-order valence-corrected chi connectivity index (χ1v) is 9.52. The highest BCUT2D eigenvalue weighted by atomic mass is 127. The van der Waals surface area contributed by atoms with E-state index in [0.717, 1.165) is 32.5 Å². The maximum atomic E-state index is 12.4. The fraction of sp³-hybridized carbons (Fsp3) is 0.316. The Bertz CT molecular complexity index is 789. The van der Waals surface area contributed by atoms with E-state index < -0.39 is 10.9 Å². The molecule has 0 saturated carbocycles. The molecule has 26 heavy (non-hydrogen) atoms. The quantitative estimate of drug-likeness (QED) is 0.288. The number of rotatable bonds is 5. The summed E-state index contributed by atoms with van der Waals surface area (Å²) >= 11 is 1.98. The fourth-order valence-corrected chi connectivity index (χ4v) is 3.54. The maximum Gasteiger partial charge on any atom is 0.345 e. The second-order valence-corrected chi connectivity index (χ2v) is 7.53. The number of hydrogen-bond donors (Lipinski definition) is 0. The van der Waals surface area contributed by atoms with Crippen LogP contribution >= 0.6 is 22.6 Å². The van der Waals surface area contributed by atoms with Crippen LogP contribution in [0.3, 0.4) is 0 Å². The van der Waals surface area contributed by atoms with Crippen molar-refractivity contribution in [2.45, 2.75) is 25.5 Å². The van der Waals surface area contributed by atoms with Gasteiger partial charge in [0.2, 0.25) is 0 Å². The Kier molecular flexibility index (Phi) is 6.20. The molecule has 0 amide bonds. The number of ether oxygens (including phenoxy) is 1. The Morgan fingerprint density at radius 3 is 2.54 bits per heavy atom. The molecular weight excluding hydrogens is 447 g/mol. The van der Waals surface area contributed by atoms with Crippen LogP contribution in [0.2, 0.25) is 0 Å². The summed E-state index contributed by atoms with van der Waals surface area (Å²) in [4.78, 5) is 25.3. The largest absolute Gasteiger partial charge is 0.458 e. The van der Waals surface area contributed by atoms with Crippen molar-refractivity contribution in [2.24, 2.45) is 0 Å². The van der Waals surface area contributed by atoms with Crippen molar-refractivity contribution in [2.75, 3.05) is 13.1 Å². The van der Waals surface area contributed by atoms with E-state index in [2.05, 4.69) is 17.0 Å². The van der Waals surface area contributed by atoms with E-state index in [9.17, 15) is 14.9 Å². The van der Waals surface area contributed by atoms with Crippen molar-refractivity contribution in [3.63, 3.8) is 0 Å². The van der Waals surface area contributed by atoms with Crippen LogP contribution in [0.15, 0.2) is 48.5 Å². The van der Waals surface area contributed by atoms with Crippen LogP contribution in [0.25, 0.3) is 0 Å². The van der Waals surface area contributed by atoms with Gasteiger partial charge in [0.05, 0.1) is 4.92 Å². The molecule has 2 aromatic rings. The van der Waals surface area contributed by atoms with Gasteiger partial charge in [0.1, 0.15) is 11.7 Å². The van der Waals surface area contributed by atoms with E-state index in [1.54, 1.807) is 6.07 Å². The summed E-state index contributed by atoms with van der Waals surface area (Å²) in [6, 6.07) is 14.8. The SMILES string of the molecule is O=C(OC1CCN(Cc2ccccc2)CC1)c1ccc(I)cc1[N+](=O)[O-]. The van der Waals surface area contributed by atoms with Crippen LogP contribution in [-0.4, -0.2) is 35.0 Å². The molecule has 0 spiro atoms. The number of nitrogens with zero attached hydrogens (tertiary/aromatic N) is 2. The number of halogens is 1. The molecular formula is C19H19IN2O4. The molecule has 0 aliphatic carbocycles. The average molecular weight is 466 g/mol. The molecule has 0 atom stereocenters. The number of esters is 1. The Morgan fingerprint density at radius 2 is 1.88 bits per heavy atom. The van der Waals surface area contributed by atoms with Crippen molar-refractivity contribution < 1.29 is 14.5 Å². The molecule has 0 N–H and O–H groups in total. The summed E-state index contributed by atoms with van der Waals surface area (Å²) in [5.41, 5.74) is 1.07. The van der Waals surface area contributed by atoms with Gasteiger partial charge in [-0.2, -0.15) is 0 Å². The molecule has 136 valence electrons. The number of carbonyl (C=O) groups is 1. The van der Waals surface area contributed by atoms with E-state index >= 15 is 0 Å². The molecule has 0 aromatic heterocycles. The predicted octanol–water partition coefficient (Wildman–Crippen LogP) is 4.02. The monoisotopic (exact) mass is 466 g/mol. The molecule has 0 unspecified atom stereocenters. The number of nitro groups is 1. The molecule has 1 saturated heterocycles. The van der Waals surface area contributed by atoms with Gasteiger partial charge in [-0.3, -0.25) is 15.0 Å². The van der Waals surface area contributed by atoms with E-state index in [1.807, 2.05) is 40.8 Å². The van der Waals surface area contributed by atoms with Crippen molar-refractivity contribution in [3.05, 3.63) is 73.3 Å². The lowest BCUT2D eigenvalue weighted by atomic mass is 10.1. The second-order valence-electron chi connectivity index (χ2n) is 6.28. The third kappa shape index (κ3) is 4.79. The minimum atomic E-state index is -0.616. The van der Waals surface area contributed by atoms with Crippen molar-refractivity contribution in [3.8, 4) is 0 Å². The van der Waals surface area contributed by atoms with Gasteiger partial charge >= 0.3 is 5.97 Å². The number of likely N-dealkylation sites (tertiary alicyclic amines) is 1. The Morgan fingerprint density at radius 1 is 1.19 bits per heavy atom. The summed E-state index contributed by atoms with van der Waals surface area (Å²) < 4.78 is 6.24. The molecule has 0 bridgehead atoms.